The molecule has 0 aliphatic heterocycles. The van der Waals surface area contributed by atoms with Gasteiger partial charge in [0.2, 0.25) is 5.91 Å². The highest BCUT2D eigenvalue weighted by Crippen LogP contribution is 2.44. The molecule has 0 aromatic heterocycles. The Morgan fingerprint density at radius 1 is 0.914 bits per heavy atom. The summed E-state index contributed by atoms with van der Waals surface area (Å²) in [6.07, 6.45) is 4.52. The summed E-state index contributed by atoms with van der Waals surface area (Å²) in [5.74, 6) is -0.420. The van der Waals surface area contributed by atoms with Crippen molar-refractivity contribution >= 4 is 18.0 Å². The molecule has 3 aliphatic carbocycles. The van der Waals surface area contributed by atoms with Gasteiger partial charge in [0.25, 0.3) is 0 Å². The zero-order valence-electron chi connectivity index (χ0n) is 19.8. The third kappa shape index (κ3) is 5.34. The van der Waals surface area contributed by atoms with Gasteiger partial charge in [-0.2, -0.15) is 0 Å². The molecule has 7 heteroatoms. The maximum atomic E-state index is 12.6. The lowest BCUT2D eigenvalue weighted by atomic mass is 9.98. The summed E-state index contributed by atoms with van der Waals surface area (Å²) < 4.78 is 5.63. The van der Waals surface area contributed by atoms with E-state index in [1.165, 1.54) is 27.2 Å². The molecule has 3 aliphatic rings. The monoisotopic (exact) mass is 476 g/mol. The largest absolute Gasteiger partial charge is 0.480 e. The van der Waals surface area contributed by atoms with Gasteiger partial charge in [-0.15, -0.1) is 0 Å². The molecule has 35 heavy (non-hydrogen) atoms. The van der Waals surface area contributed by atoms with Gasteiger partial charge in [0.05, 0.1) is 0 Å². The van der Waals surface area contributed by atoms with Gasteiger partial charge in [-0.05, 0) is 66.2 Å². The molecule has 2 atom stereocenters. The minimum Gasteiger partial charge on any atom is -0.480 e. The van der Waals surface area contributed by atoms with Gasteiger partial charge in [-0.1, -0.05) is 48.5 Å². The van der Waals surface area contributed by atoms with Gasteiger partial charge in [0, 0.05) is 24.9 Å². The minimum atomic E-state index is -0.957. The molecule has 2 amide bonds. The number of aliphatic carboxylic acids is 1. The fraction of sp³-hybridized carbons (Fsp3) is 0.464. The van der Waals surface area contributed by atoms with Crippen molar-refractivity contribution in [1.82, 2.24) is 10.2 Å². The molecule has 0 heterocycles. The maximum Gasteiger partial charge on any atom is 0.407 e. The Balaban J connectivity index is 1.07. The highest BCUT2D eigenvalue weighted by atomic mass is 16.5. The summed E-state index contributed by atoms with van der Waals surface area (Å²) >= 11 is 0. The van der Waals surface area contributed by atoms with Gasteiger partial charge in [-0.25, -0.2) is 4.79 Å². The number of carbonyl (C=O) groups excluding carboxylic acids is 2. The molecule has 2 unspecified atom stereocenters. The number of carboxylic acids is 1. The molecule has 2 aromatic carbocycles. The molecule has 184 valence electrons. The molecule has 7 nitrogen and oxygen atoms in total. The first-order chi connectivity index (χ1) is 17.0. The van der Waals surface area contributed by atoms with Crippen LogP contribution in [0.1, 0.15) is 55.6 Å². The van der Waals surface area contributed by atoms with Crippen LogP contribution >= 0.6 is 0 Å². The number of hydrogen-bond donors (Lipinski definition) is 2. The van der Waals surface area contributed by atoms with E-state index in [9.17, 15) is 14.4 Å². The van der Waals surface area contributed by atoms with Crippen LogP contribution in [0, 0.1) is 11.8 Å². The van der Waals surface area contributed by atoms with Crippen molar-refractivity contribution in [1.29, 1.82) is 0 Å². The van der Waals surface area contributed by atoms with E-state index < -0.39 is 12.1 Å². The lowest BCUT2D eigenvalue weighted by Crippen LogP contribution is -2.38. The van der Waals surface area contributed by atoms with Crippen LogP contribution in [-0.4, -0.2) is 53.7 Å². The fourth-order valence-corrected chi connectivity index (χ4v) is 5.74. The molecular formula is C28H32N2O5. The van der Waals surface area contributed by atoms with Crippen LogP contribution in [0.3, 0.4) is 0 Å². The molecule has 2 fully saturated rings. The van der Waals surface area contributed by atoms with Crippen LogP contribution < -0.4 is 5.32 Å². The van der Waals surface area contributed by atoms with Gasteiger partial charge in [0.1, 0.15) is 13.2 Å². The number of ether oxygens (including phenoxy) is 1. The average molecular weight is 477 g/mol. The van der Waals surface area contributed by atoms with Crippen molar-refractivity contribution in [2.75, 3.05) is 19.7 Å². The summed E-state index contributed by atoms with van der Waals surface area (Å²) in [4.78, 5) is 37.7. The molecule has 0 spiro atoms. The predicted octanol–water partition coefficient (Wildman–Crippen LogP) is 4.41. The van der Waals surface area contributed by atoms with Crippen molar-refractivity contribution in [3.63, 3.8) is 0 Å². The zero-order valence-corrected chi connectivity index (χ0v) is 19.8. The van der Waals surface area contributed by atoms with E-state index in [4.69, 9.17) is 9.84 Å². The lowest BCUT2D eigenvalue weighted by Gasteiger charge is -2.22. The molecule has 0 bridgehead atoms. The highest BCUT2D eigenvalue weighted by Gasteiger charge is 2.36. The number of fused-ring (bicyclic) bond motifs is 3. The summed E-state index contributed by atoms with van der Waals surface area (Å²) in [7, 11) is 0. The van der Waals surface area contributed by atoms with Crippen molar-refractivity contribution in [2.24, 2.45) is 11.8 Å². The van der Waals surface area contributed by atoms with Crippen molar-refractivity contribution in [3.05, 3.63) is 59.7 Å². The van der Waals surface area contributed by atoms with Crippen molar-refractivity contribution in [2.45, 2.75) is 50.5 Å². The Kier molecular flexibility index (Phi) is 6.75. The van der Waals surface area contributed by atoms with Gasteiger partial charge >= 0.3 is 12.1 Å². The van der Waals surface area contributed by atoms with Crippen LogP contribution in [-0.2, 0) is 14.3 Å². The Labute approximate surface area is 205 Å². The second-order valence-corrected chi connectivity index (χ2v) is 10.1. The van der Waals surface area contributed by atoms with Crippen molar-refractivity contribution < 1.29 is 24.2 Å². The number of hydrogen-bond acceptors (Lipinski definition) is 4. The smallest absolute Gasteiger partial charge is 0.407 e. The van der Waals surface area contributed by atoms with E-state index in [0.717, 1.165) is 32.1 Å². The van der Waals surface area contributed by atoms with E-state index >= 15 is 0 Å². The third-order valence-corrected chi connectivity index (χ3v) is 7.61. The lowest BCUT2D eigenvalue weighted by molar-refractivity contribution is -0.145. The number of carboxylic acid groups (broad SMARTS) is 1. The van der Waals surface area contributed by atoms with Crippen LogP contribution in [0.2, 0.25) is 0 Å². The average Bonchev–Trinajstić information content (AvgIpc) is 3.52. The topological polar surface area (TPSA) is 95.9 Å². The second-order valence-electron chi connectivity index (χ2n) is 10.1. The summed E-state index contributed by atoms with van der Waals surface area (Å²) in [5, 5.41) is 12.0. The quantitative estimate of drug-likeness (QED) is 0.559. The van der Waals surface area contributed by atoms with E-state index in [1.54, 1.807) is 0 Å². The van der Waals surface area contributed by atoms with Crippen LogP contribution in [0.4, 0.5) is 4.79 Å². The maximum absolute atomic E-state index is 12.6. The Morgan fingerprint density at radius 2 is 1.54 bits per heavy atom. The summed E-state index contributed by atoms with van der Waals surface area (Å²) in [6.45, 7) is 0.619. The molecule has 2 saturated carbocycles. The third-order valence-electron chi connectivity index (χ3n) is 7.61. The van der Waals surface area contributed by atoms with Gasteiger partial charge < -0.3 is 20.1 Å². The Bertz CT molecular complexity index is 1070. The predicted molar refractivity (Wildman–Crippen MR) is 131 cm³/mol. The van der Waals surface area contributed by atoms with Gasteiger partial charge in [-0.3, -0.25) is 9.59 Å². The van der Waals surface area contributed by atoms with Crippen LogP contribution in [0.25, 0.3) is 11.1 Å². The Hall–Kier alpha value is -3.35. The standard InChI is InChI=1S/C28H32N2O5/c31-26(30(16-27(32)33)20-11-12-20)14-18-9-10-19(13-18)15-29-28(34)35-17-25-23-7-3-1-5-21(23)22-6-2-4-8-24(22)25/h1-8,18-20,25H,9-17H2,(H,29,34)(H,32,33). The number of nitrogens with one attached hydrogen (secondary N) is 1. The zero-order chi connectivity index (χ0) is 24.4. The summed E-state index contributed by atoms with van der Waals surface area (Å²) in [5.41, 5.74) is 4.78. The summed E-state index contributed by atoms with van der Waals surface area (Å²) in [6, 6.07) is 16.6. The number of carbonyl (C=O) groups is 3. The second kappa shape index (κ2) is 10.1. The Morgan fingerprint density at radius 3 is 2.17 bits per heavy atom. The highest BCUT2D eigenvalue weighted by molar-refractivity contribution is 5.82. The normalized spacial score (nSPS) is 20.7. The molecule has 2 aromatic rings. The first kappa shape index (κ1) is 23.4. The molecular weight excluding hydrogens is 444 g/mol. The van der Waals surface area contributed by atoms with E-state index in [0.29, 0.717) is 25.5 Å². The van der Waals surface area contributed by atoms with E-state index in [-0.39, 0.29) is 30.3 Å². The van der Waals surface area contributed by atoms with Crippen molar-refractivity contribution in [3.8, 4) is 11.1 Å². The first-order valence-electron chi connectivity index (χ1n) is 12.6. The number of benzene rings is 2. The number of nitrogens with zero attached hydrogens (tertiary/aromatic N) is 1. The molecule has 5 rings (SSSR count). The minimum absolute atomic E-state index is 0.0373. The number of rotatable bonds is 9. The van der Waals surface area contributed by atoms with E-state index in [1.807, 2.05) is 24.3 Å². The molecule has 2 N–H and O–H groups in total. The fourth-order valence-electron chi connectivity index (χ4n) is 5.74. The first-order valence-corrected chi connectivity index (χ1v) is 12.6. The molecule has 0 radical (unpaired) electrons. The number of alkyl carbamates (subject to hydrolysis) is 1. The number of amides is 2. The van der Waals surface area contributed by atoms with Gasteiger partial charge in [0.15, 0.2) is 0 Å². The van der Waals surface area contributed by atoms with Crippen LogP contribution in [0.5, 0.6) is 0 Å². The SMILES string of the molecule is O=C(O)CN(C(=O)CC1CCC(CNC(=O)OCC2c3ccccc3-c3ccccc32)C1)C1CC1. The molecule has 0 saturated heterocycles. The van der Waals surface area contributed by atoms with E-state index in [2.05, 4.69) is 29.6 Å². The van der Waals surface area contributed by atoms with Crippen LogP contribution in [0.15, 0.2) is 48.5 Å².